The number of fused-ring (bicyclic) bond motifs is 1. The van der Waals surface area contributed by atoms with E-state index in [4.69, 9.17) is 0 Å². The molecule has 1 aliphatic heterocycles. The summed E-state index contributed by atoms with van der Waals surface area (Å²) in [5.74, 6) is -0.713. The Labute approximate surface area is 166 Å². The maximum absolute atomic E-state index is 12.6. The molecule has 1 aromatic heterocycles. The highest BCUT2D eigenvalue weighted by molar-refractivity contribution is 8.00. The lowest BCUT2D eigenvalue weighted by Gasteiger charge is -2.10. The molecule has 2 amide bonds. The molecular formula is C18H20N2O4S3. The maximum atomic E-state index is 12.6. The first-order valence-electron chi connectivity index (χ1n) is 8.46. The van der Waals surface area contributed by atoms with E-state index in [2.05, 4.69) is 10.6 Å². The van der Waals surface area contributed by atoms with Crippen molar-refractivity contribution >= 4 is 50.4 Å². The third-order valence-corrected chi connectivity index (χ3v) is 7.79. The van der Waals surface area contributed by atoms with Gasteiger partial charge in [-0.1, -0.05) is 13.0 Å². The van der Waals surface area contributed by atoms with Crippen molar-refractivity contribution in [2.24, 2.45) is 0 Å². The van der Waals surface area contributed by atoms with Gasteiger partial charge in [-0.3, -0.25) is 9.59 Å². The van der Waals surface area contributed by atoms with Gasteiger partial charge < -0.3 is 10.6 Å². The standard InChI is InChI=1S/C18H20N2O4S3/c1-12-9-18(22)20-15-10-14(4-5-16(15)26-12)27(23,24)8-6-17(21)19-11-13-3-2-7-25-13/h2-5,7,10,12H,6,8-9,11H2,1H3,(H,19,21)(H,20,22)/t12-/m1/s1. The summed E-state index contributed by atoms with van der Waals surface area (Å²) in [5.41, 5.74) is 0.512. The highest BCUT2D eigenvalue weighted by Gasteiger charge is 2.22. The van der Waals surface area contributed by atoms with Crippen molar-refractivity contribution in [1.29, 1.82) is 0 Å². The van der Waals surface area contributed by atoms with Gasteiger partial charge >= 0.3 is 0 Å². The Kier molecular flexibility index (Phi) is 6.23. The third kappa shape index (κ3) is 5.33. The van der Waals surface area contributed by atoms with Crippen LogP contribution in [-0.2, 0) is 26.0 Å². The monoisotopic (exact) mass is 424 g/mol. The largest absolute Gasteiger partial charge is 0.351 e. The number of rotatable bonds is 6. The highest BCUT2D eigenvalue weighted by atomic mass is 32.2. The van der Waals surface area contributed by atoms with Crippen LogP contribution in [0.5, 0.6) is 0 Å². The molecule has 2 N–H and O–H groups in total. The van der Waals surface area contributed by atoms with Crippen LogP contribution in [0.3, 0.4) is 0 Å². The van der Waals surface area contributed by atoms with E-state index in [1.54, 1.807) is 6.07 Å². The highest BCUT2D eigenvalue weighted by Crippen LogP contribution is 2.36. The summed E-state index contributed by atoms with van der Waals surface area (Å²) < 4.78 is 25.2. The minimum atomic E-state index is -3.62. The maximum Gasteiger partial charge on any atom is 0.225 e. The molecule has 2 aromatic rings. The lowest BCUT2D eigenvalue weighted by molar-refractivity contribution is -0.121. The molecule has 3 rings (SSSR count). The SMILES string of the molecule is C[C@@H]1CC(=O)Nc2cc(S(=O)(=O)CCC(=O)NCc3cccs3)ccc2S1. The molecule has 144 valence electrons. The number of carbonyl (C=O) groups excluding carboxylic acids is 2. The van der Waals surface area contributed by atoms with Crippen LogP contribution in [0.1, 0.15) is 24.6 Å². The summed E-state index contributed by atoms with van der Waals surface area (Å²) in [6.07, 6.45) is 0.273. The van der Waals surface area contributed by atoms with E-state index in [1.807, 2.05) is 24.4 Å². The van der Waals surface area contributed by atoms with Gasteiger partial charge in [-0.2, -0.15) is 0 Å². The summed E-state index contributed by atoms with van der Waals surface area (Å²) >= 11 is 3.07. The van der Waals surface area contributed by atoms with Gasteiger partial charge in [0.25, 0.3) is 0 Å². The van der Waals surface area contributed by atoms with Crippen LogP contribution in [-0.4, -0.2) is 31.2 Å². The number of benzene rings is 1. The van der Waals surface area contributed by atoms with E-state index in [0.717, 1.165) is 9.77 Å². The Morgan fingerprint density at radius 2 is 2.15 bits per heavy atom. The van der Waals surface area contributed by atoms with Gasteiger partial charge in [0.1, 0.15) is 0 Å². The van der Waals surface area contributed by atoms with E-state index >= 15 is 0 Å². The first-order valence-corrected chi connectivity index (χ1v) is 11.9. The number of carbonyl (C=O) groups is 2. The fourth-order valence-corrected chi connectivity index (χ4v) is 5.61. The van der Waals surface area contributed by atoms with Crippen LogP contribution in [0, 0.1) is 0 Å². The molecule has 0 spiro atoms. The van der Waals surface area contributed by atoms with Gasteiger partial charge in [0.05, 0.1) is 22.9 Å². The second kappa shape index (κ2) is 8.45. The van der Waals surface area contributed by atoms with Gasteiger partial charge in [-0.05, 0) is 29.6 Å². The molecule has 2 heterocycles. The zero-order valence-corrected chi connectivity index (χ0v) is 17.2. The predicted octanol–water partition coefficient (Wildman–Crippen LogP) is 3.05. The number of thiophene rings is 1. The Bertz CT molecular complexity index is 940. The Hall–Kier alpha value is -1.84. The average Bonchev–Trinajstić information content (AvgIpc) is 3.08. The molecule has 0 bridgehead atoms. The summed E-state index contributed by atoms with van der Waals surface area (Å²) in [4.78, 5) is 25.8. The van der Waals surface area contributed by atoms with Gasteiger partial charge in [0.15, 0.2) is 9.84 Å². The van der Waals surface area contributed by atoms with E-state index in [1.165, 1.54) is 35.2 Å². The van der Waals surface area contributed by atoms with E-state index in [-0.39, 0.29) is 34.1 Å². The fourth-order valence-electron chi connectivity index (χ4n) is 2.66. The van der Waals surface area contributed by atoms with Gasteiger partial charge in [0, 0.05) is 27.9 Å². The van der Waals surface area contributed by atoms with Gasteiger partial charge in [-0.25, -0.2) is 8.42 Å². The number of anilines is 1. The van der Waals surface area contributed by atoms with Crippen molar-refractivity contribution < 1.29 is 18.0 Å². The molecular weight excluding hydrogens is 404 g/mol. The summed E-state index contributed by atoms with van der Waals surface area (Å²) in [6, 6.07) is 8.54. The fraction of sp³-hybridized carbons (Fsp3) is 0.333. The molecule has 1 aliphatic rings. The minimum absolute atomic E-state index is 0.108. The van der Waals surface area contributed by atoms with Crippen LogP contribution >= 0.6 is 23.1 Å². The average molecular weight is 425 g/mol. The summed E-state index contributed by atoms with van der Waals surface area (Å²) in [6.45, 7) is 2.36. The molecule has 27 heavy (non-hydrogen) atoms. The molecule has 0 radical (unpaired) electrons. The second-order valence-electron chi connectivity index (χ2n) is 6.26. The number of amides is 2. The first-order chi connectivity index (χ1) is 12.8. The Morgan fingerprint density at radius 1 is 1.33 bits per heavy atom. The number of hydrogen-bond acceptors (Lipinski definition) is 6. The van der Waals surface area contributed by atoms with E-state index in [9.17, 15) is 18.0 Å². The molecule has 1 atom stereocenters. The van der Waals surface area contributed by atoms with Crippen molar-refractivity contribution in [3.63, 3.8) is 0 Å². The smallest absolute Gasteiger partial charge is 0.225 e. The molecule has 0 aliphatic carbocycles. The van der Waals surface area contributed by atoms with Crippen LogP contribution in [0.25, 0.3) is 0 Å². The second-order valence-corrected chi connectivity index (χ2v) is 10.9. The third-order valence-electron chi connectivity index (χ3n) is 4.02. The molecule has 0 saturated heterocycles. The number of nitrogens with one attached hydrogen (secondary N) is 2. The summed E-state index contributed by atoms with van der Waals surface area (Å²) in [5, 5.41) is 7.53. The lowest BCUT2D eigenvalue weighted by atomic mass is 10.3. The Morgan fingerprint density at radius 3 is 2.89 bits per heavy atom. The molecule has 9 heteroatoms. The first kappa shape index (κ1) is 19.9. The number of sulfone groups is 1. The van der Waals surface area contributed by atoms with Gasteiger partial charge in [0.2, 0.25) is 11.8 Å². The number of thioether (sulfide) groups is 1. The molecule has 1 aromatic carbocycles. The zero-order chi connectivity index (χ0) is 19.4. The molecule has 0 saturated carbocycles. The van der Waals surface area contributed by atoms with Crippen LogP contribution in [0.4, 0.5) is 5.69 Å². The van der Waals surface area contributed by atoms with Gasteiger partial charge in [-0.15, -0.1) is 23.1 Å². The topological polar surface area (TPSA) is 92.3 Å². The summed E-state index contributed by atoms with van der Waals surface area (Å²) in [7, 11) is -3.62. The Balaban J connectivity index is 1.64. The van der Waals surface area contributed by atoms with Crippen molar-refractivity contribution in [3.05, 3.63) is 40.6 Å². The van der Waals surface area contributed by atoms with Crippen molar-refractivity contribution in [2.45, 2.75) is 41.4 Å². The lowest BCUT2D eigenvalue weighted by Crippen LogP contribution is -2.24. The quantitative estimate of drug-likeness (QED) is 0.744. The van der Waals surface area contributed by atoms with E-state index < -0.39 is 9.84 Å². The van der Waals surface area contributed by atoms with E-state index in [0.29, 0.717) is 18.7 Å². The van der Waals surface area contributed by atoms with Crippen molar-refractivity contribution in [2.75, 3.05) is 11.1 Å². The molecule has 6 nitrogen and oxygen atoms in total. The zero-order valence-electron chi connectivity index (χ0n) is 14.7. The normalized spacial score (nSPS) is 16.9. The predicted molar refractivity (Wildman–Crippen MR) is 108 cm³/mol. The van der Waals surface area contributed by atoms with Crippen LogP contribution < -0.4 is 10.6 Å². The molecule has 0 fully saturated rings. The number of hydrogen-bond donors (Lipinski definition) is 2. The minimum Gasteiger partial charge on any atom is -0.351 e. The van der Waals surface area contributed by atoms with Crippen LogP contribution in [0.15, 0.2) is 45.5 Å². The molecule has 0 unspecified atom stereocenters. The van der Waals surface area contributed by atoms with Crippen molar-refractivity contribution in [3.8, 4) is 0 Å². The van der Waals surface area contributed by atoms with Crippen molar-refractivity contribution in [1.82, 2.24) is 5.32 Å². The van der Waals surface area contributed by atoms with Crippen LogP contribution in [0.2, 0.25) is 0 Å².